The number of nitrogens with zero attached hydrogens (tertiary/aromatic N) is 4. The Labute approximate surface area is 162 Å². The van der Waals surface area contributed by atoms with Crippen LogP contribution in [0.1, 0.15) is 35.9 Å². The van der Waals surface area contributed by atoms with Gasteiger partial charge in [0.05, 0.1) is 6.26 Å². The highest BCUT2D eigenvalue weighted by atomic mass is 16.6. The Bertz CT molecular complexity index is 951. The highest BCUT2D eigenvalue weighted by Gasteiger charge is 2.49. The lowest BCUT2D eigenvalue weighted by atomic mass is 9.95. The van der Waals surface area contributed by atoms with Crippen LogP contribution in [0, 0.1) is 0 Å². The van der Waals surface area contributed by atoms with E-state index < -0.39 is 30.6 Å². The number of hydrogen-bond acceptors (Lipinski definition) is 7. The van der Waals surface area contributed by atoms with E-state index >= 15 is 0 Å². The summed E-state index contributed by atoms with van der Waals surface area (Å²) in [6, 6.07) is 3.70. The van der Waals surface area contributed by atoms with E-state index in [0.29, 0.717) is 5.82 Å². The van der Waals surface area contributed by atoms with Crippen LogP contribution in [0.15, 0.2) is 47.0 Å². The summed E-state index contributed by atoms with van der Waals surface area (Å²) in [5, 5.41) is 21.4. The van der Waals surface area contributed by atoms with Crippen molar-refractivity contribution in [1.82, 2.24) is 9.55 Å². The molecule has 0 radical (unpaired) electrons. The summed E-state index contributed by atoms with van der Waals surface area (Å²) in [6.07, 6.45) is 3.98. The van der Waals surface area contributed by atoms with E-state index in [-0.39, 0.29) is 0 Å². The number of aliphatic hydroxyl groups is 2. The summed E-state index contributed by atoms with van der Waals surface area (Å²) in [4.78, 5) is 12.4. The SMILES string of the molecule is C=Nc1c(C(C)=NC)ccn1[C@@H]1O[C@H]([C@@H]2OC=Cc3ccncc32)[C@@H](O)[C@H]1O. The van der Waals surface area contributed by atoms with Crippen LogP contribution in [0.4, 0.5) is 5.82 Å². The van der Waals surface area contributed by atoms with Crippen molar-refractivity contribution in [2.24, 2.45) is 9.98 Å². The summed E-state index contributed by atoms with van der Waals surface area (Å²) in [7, 11) is 1.69. The number of hydrogen-bond donors (Lipinski definition) is 2. The third kappa shape index (κ3) is 2.86. The smallest absolute Gasteiger partial charge is 0.164 e. The topological polar surface area (TPSA) is 101 Å². The molecule has 0 aromatic carbocycles. The van der Waals surface area contributed by atoms with Gasteiger partial charge in [-0.1, -0.05) is 0 Å². The highest BCUT2D eigenvalue weighted by Crippen LogP contribution is 2.42. The molecule has 0 bridgehead atoms. The van der Waals surface area contributed by atoms with Gasteiger partial charge in [-0.25, -0.2) is 4.99 Å². The van der Waals surface area contributed by atoms with Gasteiger partial charge in [0, 0.05) is 42.5 Å². The first-order chi connectivity index (χ1) is 13.6. The molecule has 0 amide bonds. The van der Waals surface area contributed by atoms with Gasteiger partial charge in [0.1, 0.15) is 24.1 Å². The molecule has 0 aliphatic carbocycles. The fourth-order valence-corrected chi connectivity index (χ4v) is 3.71. The molecule has 2 aliphatic rings. The largest absolute Gasteiger partial charge is 0.490 e. The number of rotatable bonds is 4. The molecule has 1 saturated heterocycles. The summed E-state index contributed by atoms with van der Waals surface area (Å²) >= 11 is 0. The molecule has 146 valence electrons. The van der Waals surface area contributed by atoms with Crippen LogP contribution in [-0.2, 0) is 9.47 Å². The number of ether oxygens (including phenoxy) is 2. The molecule has 1 fully saturated rings. The fourth-order valence-electron chi connectivity index (χ4n) is 3.71. The Hall–Kier alpha value is -2.81. The third-order valence-corrected chi connectivity index (χ3v) is 5.28. The Morgan fingerprint density at radius 1 is 1.29 bits per heavy atom. The molecule has 28 heavy (non-hydrogen) atoms. The highest BCUT2D eigenvalue weighted by molar-refractivity contribution is 6.02. The van der Waals surface area contributed by atoms with E-state index in [0.717, 1.165) is 22.4 Å². The predicted octanol–water partition coefficient (Wildman–Crippen LogP) is 2.02. The van der Waals surface area contributed by atoms with Crippen molar-refractivity contribution in [1.29, 1.82) is 0 Å². The zero-order chi connectivity index (χ0) is 19.8. The van der Waals surface area contributed by atoms with E-state index in [1.165, 1.54) is 0 Å². The van der Waals surface area contributed by atoms with Gasteiger partial charge >= 0.3 is 0 Å². The van der Waals surface area contributed by atoms with Crippen LogP contribution in [0.5, 0.6) is 0 Å². The number of pyridine rings is 1. The quantitative estimate of drug-likeness (QED) is 0.788. The minimum absolute atomic E-state index is 0.520. The van der Waals surface area contributed by atoms with Crippen LogP contribution < -0.4 is 0 Å². The molecule has 8 heteroatoms. The zero-order valence-corrected chi connectivity index (χ0v) is 15.6. The Morgan fingerprint density at radius 2 is 2.11 bits per heavy atom. The standard InChI is InChI=1S/C20H22N4O4/c1-11(21-2)13-5-8-24(19(13)22-3)20-16(26)15(25)18(28-20)17-14-10-23-7-4-12(14)6-9-27-17/h4-10,15-18,20,25-26H,3H2,1-2H3/t15-,16+,17+,18-,20+/m0/s1. The van der Waals surface area contributed by atoms with Crippen molar-refractivity contribution in [3.05, 3.63) is 53.7 Å². The fraction of sp³-hybridized carbons (Fsp3) is 0.350. The molecule has 8 nitrogen and oxygen atoms in total. The van der Waals surface area contributed by atoms with Crippen molar-refractivity contribution in [3.8, 4) is 0 Å². The van der Waals surface area contributed by atoms with Crippen LogP contribution in [-0.4, -0.2) is 57.6 Å². The maximum atomic E-state index is 10.7. The zero-order valence-electron chi connectivity index (χ0n) is 15.6. The monoisotopic (exact) mass is 382 g/mol. The number of aliphatic hydroxyl groups excluding tert-OH is 2. The van der Waals surface area contributed by atoms with Gasteiger partial charge in [-0.05, 0) is 37.4 Å². The number of aliphatic imine (C=N–C) groups is 2. The Kier molecular flexibility index (Phi) is 4.84. The van der Waals surface area contributed by atoms with Crippen LogP contribution in [0.3, 0.4) is 0 Å². The van der Waals surface area contributed by atoms with Gasteiger partial charge in [0.2, 0.25) is 0 Å². The van der Waals surface area contributed by atoms with E-state index in [1.807, 2.05) is 25.1 Å². The van der Waals surface area contributed by atoms with Crippen molar-refractivity contribution >= 4 is 24.3 Å². The second kappa shape index (κ2) is 7.31. The van der Waals surface area contributed by atoms with Gasteiger partial charge in [-0.15, -0.1) is 0 Å². The molecular formula is C20H22N4O4. The molecular weight excluding hydrogens is 360 g/mol. The summed E-state index contributed by atoms with van der Waals surface area (Å²) in [5.74, 6) is 0.520. The molecule has 0 saturated carbocycles. The average molecular weight is 382 g/mol. The first-order valence-electron chi connectivity index (χ1n) is 8.95. The maximum absolute atomic E-state index is 10.7. The van der Waals surface area contributed by atoms with E-state index in [4.69, 9.17) is 9.47 Å². The molecule has 2 aliphatic heterocycles. The van der Waals surface area contributed by atoms with Gasteiger partial charge in [-0.2, -0.15) is 0 Å². The summed E-state index contributed by atoms with van der Waals surface area (Å²) in [5.41, 5.74) is 3.31. The first kappa shape index (κ1) is 18.5. The lowest BCUT2D eigenvalue weighted by Crippen LogP contribution is -2.36. The molecule has 2 N–H and O–H groups in total. The lowest BCUT2D eigenvalue weighted by Gasteiger charge is -2.28. The minimum atomic E-state index is -1.17. The summed E-state index contributed by atoms with van der Waals surface area (Å²) < 4.78 is 13.5. The van der Waals surface area contributed by atoms with E-state index in [9.17, 15) is 10.2 Å². The molecule has 4 heterocycles. The number of aromatic nitrogens is 2. The van der Waals surface area contributed by atoms with Crippen LogP contribution in [0.2, 0.25) is 0 Å². The molecule has 0 unspecified atom stereocenters. The van der Waals surface area contributed by atoms with Crippen LogP contribution >= 0.6 is 0 Å². The Balaban J connectivity index is 1.67. The average Bonchev–Trinajstić information content (AvgIpc) is 3.28. The third-order valence-electron chi connectivity index (χ3n) is 5.28. The first-order valence-corrected chi connectivity index (χ1v) is 8.95. The second-order valence-electron chi connectivity index (χ2n) is 6.76. The van der Waals surface area contributed by atoms with Gasteiger partial charge < -0.3 is 24.3 Å². The van der Waals surface area contributed by atoms with Crippen molar-refractivity contribution in [3.63, 3.8) is 0 Å². The van der Waals surface area contributed by atoms with Gasteiger partial charge in [0.15, 0.2) is 12.3 Å². The van der Waals surface area contributed by atoms with Crippen molar-refractivity contribution in [2.75, 3.05) is 7.05 Å². The maximum Gasteiger partial charge on any atom is 0.164 e. The molecule has 5 atom stereocenters. The van der Waals surface area contributed by atoms with Crippen LogP contribution in [0.25, 0.3) is 6.08 Å². The second-order valence-corrected chi connectivity index (χ2v) is 6.76. The molecule has 0 spiro atoms. The lowest BCUT2D eigenvalue weighted by molar-refractivity contribution is -0.0896. The van der Waals surface area contributed by atoms with E-state index in [1.54, 1.807) is 36.5 Å². The van der Waals surface area contributed by atoms with Crippen molar-refractivity contribution < 1.29 is 19.7 Å². The predicted molar refractivity (Wildman–Crippen MR) is 105 cm³/mol. The Morgan fingerprint density at radius 3 is 2.86 bits per heavy atom. The molecule has 4 rings (SSSR count). The van der Waals surface area contributed by atoms with Gasteiger partial charge in [-0.3, -0.25) is 9.98 Å². The summed E-state index contributed by atoms with van der Waals surface area (Å²) in [6.45, 7) is 5.49. The molecule has 2 aromatic rings. The van der Waals surface area contributed by atoms with E-state index in [2.05, 4.69) is 21.7 Å². The number of fused-ring (bicyclic) bond motifs is 1. The minimum Gasteiger partial charge on any atom is -0.490 e. The molecule has 2 aromatic heterocycles. The van der Waals surface area contributed by atoms with Crippen molar-refractivity contribution in [2.45, 2.75) is 37.6 Å². The van der Waals surface area contributed by atoms with Gasteiger partial charge in [0.25, 0.3) is 0 Å². The normalized spacial score (nSPS) is 29.4.